The van der Waals surface area contributed by atoms with Crippen molar-refractivity contribution < 1.29 is 19.1 Å². The van der Waals surface area contributed by atoms with E-state index in [-0.39, 0.29) is 11.8 Å². The summed E-state index contributed by atoms with van der Waals surface area (Å²) < 4.78 is 11.3. The first-order valence-electron chi connectivity index (χ1n) is 9.89. The molecule has 0 atom stereocenters. The Morgan fingerprint density at radius 1 is 1.03 bits per heavy atom. The number of amides is 2. The highest BCUT2D eigenvalue weighted by Gasteiger charge is 2.20. The number of piperazine rings is 1. The fourth-order valence-electron chi connectivity index (χ4n) is 3.28. The Kier molecular flexibility index (Phi) is 7.70. The van der Waals surface area contributed by atoms with Crippen LogP contribution in [0.2, 0.25) is 0 Å². The van der Waals surface area contributed by atoms with Crippen molar-refractivity contribution in [3.8, 4) is 11.5 Å². The number of likely N-dealkylation sites (N-methyl/N-ethyl adjacent to an activating group) is 1. The molecule has 0 unspecified atom stereocenters. The lowest BCUT2D eigenvalue weighted by molar-refractivity contribution is -0.111. The van der Waals surface area contributed by atoms with Gasteiger partial charge >= 0.3 is 0 Å². The van der Waals surface area contributed by atoms with Gasteiger partial charge in [-0.05, 0) is 71.0 Å². The fourth-order valence-corrected chi connectivity index (χ4v) is 3.90. The molecule has 2 aromatic carbocycles. The van der Waals surface area contributed by atoms with Crippen molar-refractivity contribution in [2.45, 2.75) is 0 Å². The highest BCUT2D eigenvalue weighted by molar-refractivity contribution is 9.10. The van der Waals surface area contributed by atoms with Crippen molar-refractivity contribution in [3.05, 3.63) is 58.1 Å². The molecule has 1 fully saturated rings. The van der Waals surface area contributed by atoms with Crippen LogP contribution in [0.25, 0.3) is 6.08 Å². The molecule has 31 heavy (non-hydrogen) atoms. The van der Waals surface area contributed by atoms with Crippen LogP contribution in [-0.4, -0.2) is 69.1 Å². The van der Waals surface area contributed by atoms with Crippen molar-refractivity contribution >= 4 is 39.5 Å². The molecule has 1 heterocycles. The number of anilines is 1. The normalized spacial score (nSPS) is 14.5. The molecule has 1 aliphatic rings. The van der Waals surface area contributed by atoms with Crippen LogP contribution in [0, 0.1) is 0 Å². The van der Waals surface area contributed by atoms with Gasteiger partial charge in [0, 0.05) is 43.5 Å². The van der Waals surface area contributed by atoms with E-state index in [0.717, 1.165) is 36.2 Å². The summed E-state index contributed by atoms with van der Waals surface area (Å²) in [7, 11) is 5.18. The molecule has 7 nitrogen and oxygen atoms in total. The number of halogens is 1. The lowest BCUT2D eigenvalue weighted by Gasteiger charge is -2.32. The van der Waals surface area contributed by atoms with Crippen LogP contribution in [0.4, 0.5) is 5.69 Å². The highest BCUT2D eigenvalue weighted by Crippen LogP contribution is 2.36. The minimum absolute atomic E-state index is 0.0184. The van der Waals surface area contributed by atoms with Gasteiger partial charge in [0.05, 0.1) is 18.7 Å². The molecule has 0 bridgehead atoms. The summed E-state index contributed by atoms with van der Waals surface area (Å²) in [6, 6.07) is 10.6. The van der Waals surface area contributed by atoms with Crippen molar-refractivity contribution in [3.63, 3.8) is 0 Å². The molecule has 0 aliphatic carbocycles. The summed E-state index contributed by atoms with van der Waals surface area (Å²) in [5.74, 6) is 0.904. The number of carbonyl (C=O) groups excluding carboxylic acids is 2. The van der Waals surface area contributed by atoms with Crippen molar-refractivity contribution in [2.24, 2.45) is 0 Å². The molecule has 0 radical (unpaired) electrons. The van der Waals surface area contributed by atoms with E-state index in [1.165, 1.54) is 6.08 Å². The van der Waals surface area contributed by atoms with E-state index in [2.05, 4.69) is 33.2 Å². The summed E-state index contributed by atoms with van der Waals surface area (Å²) in [6.07, 6.45) is 3.13. The molecule has 0 saturated carbocycles. The van der Waals surface area contributed by atoms with Gasteiger partial charge in [0.15, 0.2) is 11.5 Å². The van der Waals surface area contributed by atoms with Crippen LogP contribution in [0.3, 0.4) is 0 Å². The summed E-state index contributed by atoms with van der Waals surface area (Å²) in [4.78, 5) is 29.0. The first-order valence-corrected chi connectivity index (χ1v) is 10.7. The first kappa shape index (κ1) is 22.8. The molecule has 164 valence electrons. The Morgan fingerprint density at radius 2 is 1.71 bits per heavy atom. The molecular formula is C23H26BrN3O4. The van der Waals surface area contributed by atoms with Gasteiger partial charge in [0.2, 0.25) is 5.91 Å². The van der Waals surface area contributed by atoms with Crippen LogP contribution in [0.5, 0.6) is 11.5 Å². The quantitative estimate of drug-likeness (QED) is 0.631. The van der Waals surface area contributed by atoms with Crippen LogP contribution in [0.15, 0.2) is 46.9 Å². The Morgan fingerprint density at radius 3 is 2.32 bits per heavy atom. The lowest BCUT2D eigenvalue weighted by atomic mass is 10.1. The minimum Gasteiger partial charge on any atom is -0.493 e. The number of nitrogens with zero attached hydrogens (tertiary/aromatic N) is 2. The third-order valence-electron chi connectivity index (χ3n) is 5.07. The van der Waals surface area contributed by atoms with Gasteiger partial charge in [0.1, 0.15) is 0 Å². The van der Waals surface area contributed by atoms with Crippen molar-refractivity contribution in [1.29, 1.82) is 0 Å². The average Bonchev–Trinajstić information content (AvgIpc) is 2.78. The topological polar surface area (TPSA) is 71.1 Å². The van der Waals surface area contributed by atoms with Gasteiger partial charge in [-0.25, -0.2) is 0 Å². The number of carbonyl (C=O) groups is 2. The number of hydrogen-bond acceptors (Lipinski definition) is 5. The zero-order chi connectivity index (χ0) is 22.4. The Labute approximate surface area is 190 Å². The highest BCUT2D eigenvalue weighted by atomic mass is 79.9. The monoisotopic (exact) mass is 487 g/mol. The number of ether oxygens (including phenoxy) is 2. The molecule has 8 heteroatoms. The zero-order valence-electron chi connectivity index (χ0n) is 17.9. The second-order valence-corrected chi connectivity index (χ2v) is 8.09. The zero-order valence-corrected chi connectivity index (χ0v) is 19.4. The van der Waals surface area contributed by atoms with Gasteiger partial charge in [-0.3, -0.25) is 9.59 Å². The molecule has 1 aliphatic heterocycles. The standard InChI is InChI=1S/C23H26BrN3O4/c1-26-10-12-27(13-11-26)23(29)17-5-7-18(8-6-17)25-21(28)9-4-16-14-19(24)22(31-3)20(15-16)30-2/h4-9,14-15H,10-13H2,1-3H3,(H,25,28)/b9-4+. The predicted octanol–water partition coefficient (Wildman–Crippen LogP) is 3.51. The number of methoxy groups -OCH3 is 2. The number of rotatable bonds is 6. The summed E-state index contributed by atoms with van der Waals surface area (Å²) in [5, 5.41) is 2.80. The largest absolute Gasteiger partial charge is 0.493 e. The third kappa shape index (κ3) is 5.86. The van der Waals surface area contributed by atoms with Gasteiger partial charge in [-0.2, -0.15) is 0 Å². The van der Waals surface area contributed by atoms with E-state index in [0.29, 0.717) is 22.7 Å². The van der Waals surface area contributed by atoms with Crippen LogP contribution < -0.4 is 14.8 Å². The van der Waals surface area contributed by atoms with E-state index in [9.17, 15) is 9.59 Å². The maximum Gasteiger partial charge on any atom is 0.253 e. The number of benzene rings is 2. The summed E-state index contributed by atoms with van der Waals surface area (Å²) >= 11 is 3.44. The van der Waals surface area contributed by atoms with Crippen molar-refractivity contribution in [2.75, 3.05) is 52.8 Å². The van der Waals surface area contributed by atoms with Crippen LogP contribution >= 0.6 is 15.9 Å². The Bertz CT molecular complexity index is 968. The molecule has 1 saturated heterocycles. The Hall–Kier alpha value is -2.84. The first-order chi connectivity index (χ1) is 14.9. The van der Waals surface area contributed by atoms with Gasteiger partial charge in [-0.1, -0.05) is 0 Å². The molecule has 1 N–H and O–H groups in total. The molecule has 0 aromatic heterocycles. The van der Waals surface area contributed by atoms with Gasteiger partial charge in [0.25, 0.3) is 5.91 Å². The van der Waals surface area contributed by atoms with Crippen molar-refractivity contribution in [1.82, 2.24) is 9.80 Å². The van der Waals surface area contributed by atoms with E-state index in [4.69, 9.17) is 9.47 Å². The second-order valence-electron chi connectivity index (χ2n) is 7.23. The van der Waals surface area contributed by atoms with E-state index >= 15 is 0 Å². The Balaban J connectivity index is 1.61. The molecule has 0 spiro atoms. The van der Waals surface area contributed by atoms with Gasteiger partial charge in [-0.15, -0.1) is 0 Å². The van der Waals surface area contributed by atoms with Gasteiger partial charge < -0.3 is 24.6 Å². The maximum atomic E-state index is 12.6. The molecular weight excluding hydrogens is 462 g/mol. The van der Waals surface area contributed by atoms with E-state index in [1.54, 1.807) is 50.6 Å². The number of hydrogen-bond donors (Lipinski definition) is 1. The van der Waals surface area contributed by atoms with Crippen LogP contribution in [0.1, 0.15) is 15.9 Å². The fraction of sp³-hybridized carbons (Fsp3) is 0.304. The number of nitrogens with one attached hydrogen (secondary N) is 1. The SMILES string of the molecule is COc1cc(/C=C/C(=O)Nc2ccc(C(=O)N3CCN(C)CC3)cc2)cc(Br)c1OC. The molecule has 2 amide bonds. The average molecular weight is 488 g/mol. The third-order valence-corrected chi connectivity index (χ3v) is 5.66. The molecule has 2 aromatic rings. The smallest absolute Gasteiger partial charge is 0.253 e. The second kappa shape index (κ2) is 10.5. The maximum absolute atomic E-state index is 12.6. The van der Waals surface area contributed by atoms with E-state index < -0.39 is 0 Å². The summed E-state index contributed by atoms with van der Waals surface area (Å²) in [6.45, 7) is 3.21. The van der Waals surface area contributed by atoms with E-state index in [1.807, 2.05) is 11.0 Å². The minimum atomic E-state index is -0.274. The molecule has 3 rings (SSSR count). The summed E-state index contributed by atoms with van der Waals surface area (Å²) in [5.41, 5.74) is 2.03. The lowest BCUT2D eigenvalue weighted by Crippen LogP contribution is -2.47. The van der Waals surface area contributed by atoms with Crippen LogP contribution in [-0.2, 0) is 4.79 Å². The predicted molar refractivity (Wildman–Crippen MR) is 125 cm³/mol.